The molecule has 2 aromatic rings. The van der Waals surface area contributed by atoms with E-state index in [0.29, 0.717) is 5.92 Å². The van der Waals surface area contributed by atoms with Crippen LogP contribution in [0.4, 0.5) is 0 Å². The van der Waals surface area contributed by atoms with Gasteiger partial charge in [0.1, 0.15) is 0 Å². The Hall–Kier alpha value is -2.20. The highest BCUT2D eigenvalue weighted by Gasteiger charge is 2.19. The van der Waals surface area contributed by atoms with Gasteiger partial charge in [-0.3, -0.25) is 4.98 Å². The molecule has 0 spiro atoms. The lowest BCUT2D eigenvalue weighted by Gasteiger charge is -2.10. The van der Waals surface area contributed by atoms with Crippen molar-refractivity contribution in [2.45, 2.75) is 12.8 Å². The number of hydrogen-bond acceptors (Lipinski definition) is 3. The zero-order chi connectivity index (χ0) is 15.5. The summed E-state index contributed by atoms with van der Waals surface area (Å²) < 4.78 is 0. The van der Waals surface area contributed by atoms with E-state index in [-0.39, 0.29) is 5.56 Å². The van der Waals surface area contributed by atoms with E-state index in [2.05, 4.69) is 23.0 Å². The average molecular weight is 296 g/mol. The largest absolute Gasteiger partial charge is 0.478 e. The lowest BCUT2D eigenvalue weighted by atomic mass is 9.99. The number of carboxylic acid groups (broad SMARTS) is 1. The molecule has 1 aromatic heterocycles. The van der Waals surface area contributed by atoms with Crippen molar-refractivity contribution in [2.24, 2.45) is 5.92 Å². The molecule has 1 aliphatic rings. The molecule has 4 nitrogen and oxygen atoms in total. The fourth-order valence-electron chi connectivity index (χ4n) is 3.05. The minimum Gasteiger partial charge on any atom is -0.478 e. The van der Waals surface area contributed by atoms with Crippen molar-refractivity contribution in [2.75, 3.05) is 20.1 Å². The Morgan fingerprint density at radius 3 is 2.86 bits per heavy atom. The van der Waals surface area contributed by atoms with Gasteiger partial charge in [-0.15, -0.1) is 0 Å². The molecule has 0 saturated carbocycles. The van der Waals surface area contributed by atoms with Gasteiger partial charge < -0.3 is 10.0 Å². The van der Waals surface area contributed by atoms with Crippen LogP contribution in [0.5, 0.6) is 0 Å². The number of likely N-dealkylation sites (tertiary alicyclic amines) is 1. The first-order valence-corrected chi connectivity index (χ1v) is 7.59. The van der Waals surface area contributed by atoms with Crippen LogP contribution >= 0.6 is 0 Å². The molecular weight excluding hydrogens is 276 g/mol. The van der Waals surface area contributed by atoms with Gasteiger partial charge in [0, 0.05) is 18.3 Å². The van der Waals surface area contributed by atoms with Gasteiger partial charge >= 0.3 is 5.97 Å². The first kappa shape index (κ1) is 14.7. The summed E-state index contributed by atoms with van der Waals surface area (Å²) in [6.45, 7) is 2.33. The molecule has 1 aliphatic heterocycles. The molecule has 0 radical (unpaired) electrons. The fourth-order valence-corrected chi connectivity index (χ4v) is 3.05. The summed E-state index contributed by atoms with van der Waals surface area (Å²) in [7, 11) is 2.16. The van der Waals surface area contributed by atoms with E-state index in [0.717, 1.165) is 24.2 Å². The Labute approximate surface area is 130 Å². The number of benzene rings is 1. The number of pyridine rings is 1. The summed E-state index contributed by atoms with van der Waals surface area (Å²) >= 11 is 0. The Morgan fingerprint density at radius 1 is 1.36 bits per heavy atom. The summed E-state index contributed by atoms with van der Waals surface area (Å²) in [5, 5.41) is 9.06. The van der Waals surface area contributed by atoms with E-state index < -0.39 is 5.97 Å². The minimum absolute atomic E-state index is 0.289. The summed E-state index contributed by atoms with van der Waals surface area (Å²) in [6, 6.07) is 11.0. The maximum Gasteiger partial charge on any atom is 0.335 e. The lowest BCUT2D eigenvalue weighted by molar-refractivity contribution is 0.0697. The van der Waals surface area contributed by atoms with Crippen LogP contribution in [0.2, 0.25) is 0 Å². The highest BCUT2D eigenvalue weighted by Crippen LogP contribution is 2.22. The number of nitrogens with zero attached hydrogens (tertiary/aromatic N) is 2. The maximum absolute atomic E-state index is 11.0. The van der Waals surface area contributed by atoms with Gasteiger partial charge in [0.15, 0.2) is 0 Å². The molecule has 1 aromatic carbocycles. The van der Waals surface area contributed by atoms with Gasteiger partial charge in [-0.2, -0.15) is 0 Å². The van der Waals surface area contributed by atoms with E-state index in [9.17, 15) is 4.79 Å². The predicted octanol–water partition coefficient (Wildman–Crippen LogP) is 2.94. The van der Waals surface area contributed by atoms with Crippen LogP contribution < -0.4 is 0 Å². The molecule has 1 atom stereocenters. The Kier molecular flexibility index (Phi) is 4.20. The Morgan fingerprint density at radius 2 is 2.23 bits per heavy atom. The second-order valence-electron chi connectivity index (χ2n) is 6.06. The molecule has 1 unspecified atom stereocenters. The Bertz CT molecular complexity index is 667. The van der Waals surface area contributed by atoms with E-state index in [1.165, 1.54) is 18.5 Å². The molecule has 3 rings (SSSR count). The standard InChI is InChI=1S/C18H20N2O2/c1-20-8-7-14(12-20)9-13-5-6-17(19-11-13)15-3-2-4-16(10-15)18(21)22/h2-6,10-11,14H,7-9,12H2,1H3,(H,21,22). The van der Waals surface area contributed by atoms with Crippen molar-refractivity contribution < 1.29 is 9.90 Å². The van der Waals surface area contributed by atoms with Crippen molar-refractivity contribution in [3.63, 3.8) is 0 Å². The fraction of sp³-hybridized carbons (Fsp3) is 0.333. The van der Waals surface area contributed by atoms with Gasteiger partial charge in [0.25, 0.3) is 0 Å². The molecule has 4 heteroatoms. The second-order valence-corrected chi connectivity index (χ2v) is 6.06. The quantitative estimate of drug-likeness (QED) is 0.942. The highest BCUT2D eigenvalue weighted by atomic mass is 16.4. The third-order valence-electron chi connectivity index (χ3n) is 4.24. The minimum atomic E-state index is -0.913. The van der Waals surface area contributed by atoms with Crippen LogP contribution in [-0.4, -0.2) is 41.1 Å². The van der Waals surface area contributed by atoms with E-state index in [4.69, 9.17) is 5.11 Å². The average Bonchev–Trinajstić information content (AvgIpc) is 2.93. The van der Waals surface area contributed by atoms with E-state index in [1.54, 1.807) is 18.2 Å². The summed E-state index contributed by atoms with van der Waals surface area (Å²) in [5.41, 5.74) is 3.19. The molecule has 0 amide bonds. The lowest BCUT2D eigenvalue weighted by Crippen LogP contribution is -2.15. The van der Waals surface area contributed by atoms with Gasteiger partial charge in [0.05, 0.1) is 11.3 Å². The third-order valence-corrected chi connectivity index (χ3v) is 4.24. The maximum atomic E-state index is 11.0. The van der Waals surface area contributed by atoms with Crippen LogP contribution in [0.1, 0.15) is 22.3 Å². The molecular formula is C18H20N2O2. The first-order chi connectivity index (χ1) is 10.6. The molecule has 0 bridgehead atoms. The molecule has 114 valence electrons. The molecule has 22 heavy (non-hydrogen) atoms. The van der Waals surface area contributed by atoms with Crippen molar-refractivity contribution >= 4 is 5.97 Å². The smallest absolute Gasteiger partial charge is 0.335 e. The highest BCUT2D eigenvalue weighted by molar-refractivity contribution is 5.89. The number of aromatic nitrogens is 1. The summed E-state index contributed by atoms with van der Waals surface area (Å²) in [4.78, 5) is 17.9. The van der Waals surface area contributed by atoms with Crippen molar-refractivity contribution in [1.29, 1.82) is 0 Å². The number of carboxylic acids is 1. The van der Waals surface area contributed by atoms with E-state index >= 15 is 0 Å². The van der Waals surface area contributed by atoms with Gasteiger partial charge in [-0.25, -0.2) is 4.79 Å². The van der Waals surface area contributed by atoms with Crippen molar-refractivity contribution in [1.82, 2.24) is 9.88 Å². The topological polar surface area (TPSA) is 53.4 Å². The zero-order valence-electron chi connectivity index (χ0n) is 12.7. The van der Waals surface area contributed by atoms with Crippen molar-refractivity contribution in [3.8, 4) is 11.3 Å². The van der Waals surface area contributed by atoms with Crippen LogP contribution in [-0.2, 0) is 6.42 Å². The van der Waals surface area contributed by atoms with Gasteiger partial charge in [0.2, 0.25) is 0 Å². The van der Waals surface area contributed by atoms with Gasteiger partial charge in [-0.05, 0) is 56.1 Å². The first-order valence-electron chi connectivity index (χ1n) is 7.59. The third kappa shape index (κ3) is 3.34. The summed E-state index contributed by atoms with van der Waals surface area (Å²) in [6.07, 6.45) is 4.23. The number of hydrogen-bond donors (Lipinski definition) is 1. The molecule has 1 saturated heterocycles. The molecule has 1 fully saturated rings. The van der Waals surface area contributed by atoms with Crippen LogP contribution in [0.25, 0.3) is 11.3 Å². The number of carbonyl (C=O) groups is 1. The number of aromatic carboxylic acids is 1. The Balaban J connectivity index is 1.73. The zero-order valence-corrected chi connectivity index (χ0v) is 12.7. The second kappa shape index (κ2) is 6.28. The molecule has 1 N–H and O–H groups in total. The SMILES string of the molecule is CN1CCC(Cc2ccc(-c3cccc(C(=O)O)c3)nc2)C1. The van der Waals surface area contributed by atoms with Crippen LogP contribution in [0, 0.1) is 5.92 Å². The van der Waals surface area contributed by atoms with Crippen LogP contribution in [0.3, 0.4) is 0 Å². The molecule has 0 aliphatic carbocycles. The molecule has 2 heterocycles. The van der Waals surface area contributed by atoms with Gasteiger partial charge in [-0.1, -0.05) is 18.2 Å². The number of rotatable bonds is 4. The normalized spacial score (nSPS) is 18.5. The van der Waals surface area contributed by atoms with Crippen molar-refractivity contribution in [3.05, 3.63) is 53.7 Å². The van der Waals surface area contributed by atoms with Crippen LogP contribution in [0.15, 0.2) is 42.6 Å². The predicted molar refractivity (Wildman–Crippen MR) is 85.9 cm³/mol. The van der Waals surface area contributed by atoms with E-state index in [1.807, 2.05) is 18.3 Å². The monoisotopic (exact) mass is 296 g/mol. The summed E-state index contributed by atoms with van der Waals surface area (Å²) in [5.74, 6) is -0.197.